The van der Waals surface area contributed by atoms with Crippen LogP contribution in [0.25, 0.3) is 0 Å². The van der Waals surface area contributed by atoms with Crippen LogP contribution in [0, 0.1) is 16.7 Å². The Balaban J connectivity index is 1.88. The Morgan fingerprint density at radius 1 is 1.32 bits per heavy atom. The number of nitrogens with zero attached hydrogens (tertiary/aromatic N) is 1. The van der Waals surface area contributed by atoms with E-state index < -0.39 is 12.0 Å². The molecule has 1 aliphatic carbocycles. The molecule has 1 heterocycles. The summed E-state index contributed by atoms with van der Waals surface area (Å²) in [4.78, 5) is 24.5. The Labute approximate surface area is 118 Å². The second-order valence-electron chi connectivity index (χ2n) is 6.51. The molecular formula is C13H22N2O3S. The summed E-state index contributed by atoms with van der Waals surface area (Å²) in [7, 11) is 0. The average Bonchev–Trinajstić information content (AvgIpc) is 2.72. The van der Waals surface area contributed by atoms with E-state index in [0.717, 1.165) is 0 Å². The molecule has 0 radical (unpaired) electrons. The third-order valence-electron chi connectivity index (χ3n) is 5.21. The van der Waals surface area contributed by atoms with E-state index in [1.165, 1.54) is 16.7 Å². The molecule has 2 fully saturated rings. The van der Waals surface area contributed by atoms with E-state index in [-0.39, 0.29) is 16.9 Å². The van der Waals surface area contributed by atoms with Gasteiger partial charge in [-0.2, -0.15) is 0 Å². The van der Waals surface area contributed by atoms with Crippen LogP contribution in [0.1, 0.15) is 27.7 Å². The molecule has 1 saturated heterocycles. The van der Waals surface area contributed by atoms with Gasteiger partial charge in [0.15, 0.2) is 0 Å². The van der Waals surface area contributed by atoms with E-state index >= 15 is 0 Å². The Hall–Kier alpha value is -0.910. The zero-order valence-corrected chi connectivity index (χ0v) is 12.7. The Morgan fingerprint density at radius 3 is 2.37 bits per heavy atom. The largest absolute Gasteiger partial charge is 0.480 e. The predicted octanol–water partition coefficient (Wildman–Crippen LogP) is 1.84. The molecule has 2 rings (SSSR count). The van der Waals surface area contributed by atoms with Gasteiger partial charge in [-0.05, 0) is 16.7 Å². The minimum absolute atomic E-state index is 0.228. The van der Waals surface area contributed by atoms with E-state index in [2.05, 4.69) is 33.0 Å². The summed E-state index contributed by atoms with van der Waals surface area (Å²) in [5, 5.41) is 11.9. The molecule has 6 heteroatoms. The van der Waals surface area contributed by atoms with Crippen molar-refractivity contribution < 1.29 is 14.7 Å². The molecule has 1 atom stereocenters. The third kappa shape index (κ3) is 2.30. The SMILES string of the molecule is CC1(C)C(CNC(=O)N2CSCC2C(=O)O)C1(C)C. The Morgan fingerprint density at radius 2 is 1.89 bits per heavy atom. The van der Waals surface area contributed by atoms with Crippen LogP contribution >= 0.6 is 11.8 Å². The molecule has 1 unspecified atom stereocenters. The fourth-order valence-corrected chi connectivity index (χ4v) is 4.13. The number of hydrogen-bond donors (Lipinski definition) is 2. The molecule has 0 bridgehead atoms. The summed E-state index contributed by atoms with van der Waals surface area (Å²) in [6.07, 6.45) is 0. The highest BCUT2D eigenvalue weighted by Gasteiger charge is 2.64. The van der Waals surface area contributed by atoms with Crippen molar-refractivity contribution in [2.75, 3.05) is 18.2 Å². The molecule has 2 amide bonds. The van der Waals surface area contributed by atoms with Crippen molar-refractivity contribution >= 4 is 23.8 Å². The van der Waals surface area contributed by atoms with Crippen LogP contribution in [-0.2, 0) is 4.79 Å². The first-order valence-corrected chi connectivity index (χ1v) is 7.70. The first-order valence-electron chi connectivity index (χ1n) is 6.54. The number of nitrogens with one attached hydrogen (secondary N) is 1. The molecular weight excluding hydrogens is 264 g/mol. The molecule has 108 valence electrons. The highest BCUT2D eigenvalue weighted by Crippen LogP contribution is 2.67. The van der Waals surface area contributed by atoms with E-state index in [0.29, 0.717) is 24.1 Å². The molecule has 2 aliphatic rings. The van der Waals surface area contributed by atoms with Crippen molar-refractivity contribution in [2.24, 2.45) is 16.7 Å². The number of hydrogen-bond acceptors (Lipinski definition) is 3. The van der Waals surface area contributed by atoms with Gasteiger partial charge in [0, 0.05) is 12.3 Å². The maximum Gasteiger partial charge on any atom is 0.327 e. The second-order valence-corrected chi connectivity index (χ2v) is 7.51. The summed E-state index contributed by atoms with van der Waals surface area (Å²) in [5.74, 6) is 0.457. The minimum atomic E-state index is -0.924. The summed E-state index contributed by atoms with van der Waals surface area (Å²) in [6.45, 7) is 9.43. The van der Waals surface area contributed by atoms with Gasteiger partial charge >= 0.3 is 12.0 Å². The van der Waals surface area contributed by atoms with Crippen LogP contribution in [0.5, 0.6) is 0 Å². The smallest absolute Gasteiger partial charge is 0.327 e. The molecule has 0 aromatic heterocycles. The maximum atomic E-state index is 12.1. The zero-order valence-electron chi connectivity index (χ0n) is 11.9. The topological polar surface area (TPSA) is 69.6 Å². The molecule has 0 spiro atoms. The van der Waals surface area contributed by atoms with E-state index in [1.54, 1.807) is 0 Å². The quantitative estimate of drug-likeness (QED) is 0.830. The van der Waals surface area contributed by atoms with Crippen LogP contribution in [0.2, 0.25) is 0 Å². The lowest BCUT2D eigenvalue weighted by molar-refractivity contribution is -0.140. The molecule has 0 aromatic carbocycles. The number of thioether (sulfide) groups is 1. The molecule has 2 N–H and O–H groups in total. The fraction of sp³-hybridized carbons (Fsp3) is 0.846. The number of urea groups is 1. The van der Waals surface area contributed by atoms with Gasteiger partial charge < -0.3 is 15.3 Å². The van der Waals surface area contributed by atoms with Crippen LogP contribution in [-0.4, -0.2) is 46.2 Å². The fourth-order valence-electron chi connectivity index (χ4n) is 2.98. The van der Waals surface area contributed by atoms with Crippen molar-refractivity contribution in [1.29, 1.82) is 0 Å². The first kappa shape index (κ1) is 14.5. The lowest BCUT2D eigenvalue weighted by atomic mass is 10.0. The van der Waals surface area contributed by atoms with E-state index in [9.17, 15) is 9.59 Å². The van der Waals surface area contributed by atoms with Crippen molar-refractivity contribution in [3.8, 4) is 0 Å². The number of aliphatic carboxylic acids is 1. The third-order valence-corrected chi connectivity index (χ3v) is 6.22. The number of amides is 2. The Bertz CT molecular complexity index is 395. The zero-order chi connectivity index (χ0) is 14.4. The van der Waals surface area contributed by atoms with Gasteiger partial charge in [-0.25, -0.2) is 9.59 Å². The normalized spacial score (nSPS) is 28.2. The van der Waals surface area contributed by atoms with Gasteiger partial charge in [0.2, 0.25) is 0 Å². The number of carboxylic acid groups (broad SMARTS) is 1. The molecule has 1 saturated carbocycles. The van der Waals surface area contributed by atoms with Crippen molar-refractivity contribution in [3.05, 3.63) is 0 Å². The number of carboxylic acids is 1. The highest BCUT2D eigenvalue weighted by atomic mass is 32.2. The van der Waals surface area contributed by atoms with Crippen LogP contribution in [0.4, 0.5) is 4.79 Å². The number of carbonyl (C=O) groups excluding carboxylic acids is 1. The monoisotopic (exact) mass is 286 g/mol. The van der Waals surface area contributed by atoms with E-state index in [1.807, 2.05) is 0 Å². The van der Waals surface area contributed by atoms with Gasteiger partial charge in [0.05, 0.1) is 5.88 Å². The molecule has 19 heavy (non-hydrogen) atoms. The predicted molar refractivity (Wildman–Crippen MR) is 75.0 cm³/mol. The summed E-state index contributed by atoms with van der Waals surface area (Å²) >= 11 is 1.48. The van der Waals surface area contributed by atoms with Crippen LogP contribution < -0.4 is 5.32 Å². The molecule has 5 nitrogen and oxygen atoms in total. The maximum absolute atomic E-state index is 12.1. The van der Waals surface area contributed by atoms with Gasteiger partial charge in [0.1, 0.15) is 6.04 Å². The summed E-state index contributed by atoms with van der Waals surface area (Å²) < 4.78 is 0. The van der Waals surface area contributed by atoms with Gasteiger partial charge in [-0.1, -0.05) is 27.7 Å². The summed E-state index contributed by atoms with van der Waals surface area (Å²) in [5.41, 5.74) is 0.457. The van der Waals surface area contributed by atoms with Gasteiger partial charge in [0.25, 0.3) is 0 Å². The minimum Gasteiger partial charge on any atom is -0.480 e. The molecule has 1 aliphatic heterocycles. The highest BCUT2D eigenvalue weighted by molar-refractivity contribution is 7.99. The average molecular weight is 286 g/mol. The van der Waals surface area contributed by atoms with Gasteiger partial charge in [-0.15, -0.1) is 11.8 Å². The lowest BCUT2D eigenvalue weighted by Crippen LogP contribution is -2.47. The van der Waals surface area contributed by atoms with Crippen LogP contribution in [0.3, 0.4) is 0 Å². The second kappa shape index (κ2) is 4.58. The Kier molecular flexibility index (Phi) is 3.49. The standard InChI is InChI=1S/C13H22N2O3S/c1-12(2)9(13(12,3)4)5-14-11(18)15-7-19-6-8(15)10(16)17/h8-9H,5-7H2,1-4H3,(H,14,18)(H,16,17). The number of rotatable bonds is 3. The number of carbonyl (C=O) groups is 2. The lowest BCUT2D eigenvalue weighted by Gasteiger charge is -2.21. The van der Waals surface area contributed by atoms with Crippen molar-refractivity contribution in [3.63, 3.8) is 0 Å². The molecule has 0 aromatic rings. The van der Waals surface area contributed by atoms with Gasteiger partial charge in [-0.3, -0.25) is 0 Å². The van der Waals surface area contributed by atoms with Crippen molar-refractivity contribution in [1.82, 2.24) is 10.2 Å². The van der Waals surface area contributed by atoms with Crippen LogP contribution in [0.15, 0.2) is 0 Å². The first-order chi connectivity index (χ1) is 8.69. The summed E-state index contributed by atoms with van der Waals surface area (Å²) in [6, 6.07) is -0.943. The van der Waals surface area contributed by atoms with E-state index in [4.69, 9.17) is 5.11 Å². The van der Waals surface area contributed by atoms with Crippen molar-refractivity contribution in [2.45, 2.75) is 33.7 Å².